The number of carbonyl (C=O) groups excluding carboxylic acids is 1. The van der Waals surface area contributed by atoms with Gasteiger partial charge in [0.25, 0.3) is 15.9 Å². The lowest BCUT2D eigenvalue weighted by molar-refractivity contribution is 0.0304. The highest BCUT2D eigenvalue weighted by Crippen LogP contribution is 2.30. The van der Waals surface area contributed by atoms with E-state index in [1.54, 1.807) is 23.1 Å². The Morgan fingerprint density at radius 1 is 1.05 bits per heavy atom. The number of anilines is 1. The summed E-state index contributed by atoms with van der Waals surface area (Å²) in [5.41, 5.74) is 3.78. The molecule has 3 aromatic rings. The molecule has 1 fully saturated rings. The fourth-order valence-corrected chi connectivity index (χ4v) is 6.22. The summed E-state index contributed by atoms with van der Waals surface area (Å²) in [6.45, 7) is 11.4. The van der Waals surface area contributed by atoms with E-state index in [-0.39, 0.29) is 35.3 Å². The lowest BCUT2D eigenvalue weighted by Crippen LogP contribution is -2.57. The number of benzene rings is 2. The number of amides is 1. The summed E-state index contributed by atoms with van der Waals surface area (Å²) in [6.07, 6.45) is 0. The first-order valence-electron chi connectivity index (χ1n) is 12.9. The van der Waals surface area contributed by atoms with Crippen LogP contribution in [0, 0.1) is 19.8 Å². The molecular weight excluding hydrogens is 502 g/mol. The lowest BCUT2D eigenvalue weighted by Gasteiger charge is -2.41. The van der Waals surface area contributed by atoms with Gasteiger partial charge in [-0.15, -0.1) is 0 Å². The molecule has 5 rings (SSSR count). The minimum absolute atomic E-state index is 0.0267. The number of nitrogens with one attached hydrogen (secondary N) is 1. The maximum absolute atomic E-state index is 13.6. The van der Waals surface area contributed by atoms with Gasteiger partial charge in [0.15, 0.2) is 0 Å². The van der Waals surface area contributed by atoms with E-state index in [0.29, 0.717) is 30.3 Å². The van der Waals surface area contributed by atoms with Crippen LogP contribution in [0.25, 0.3) is 11.3 Å². The predicted octanol–water partition coefficient (Wildman–Crippen LogP) is 3.74. The number of nitrogens with zero attached hydrogens (tertiary/aromatic N) is 4. The Hall–Kier alpha value is -3.50. The van der Waals surface area contributed by atoms with Gasteiger partial charge < -0.3 is 9.64 Å². The number of rotatable bonds is 3. The van der Waals surface area contributed by atoms with Gasteiger partial charge in [-0.2, -0.15) is 4.98 Å². The smallest absolute Gasteiger partial charge is 0.264 e. The van der Waals surface area contributed by atoms with Crippen molar-refractivity contribution in [2.45, 2.75) is 38.6 Å². The molecule has 200 valence electrons. The molecule has 0 unspecified atom stereocenters. The van der Waals surface area contributed by atoms with Gasteiger partial charge in [-0.05, 0) is 49.1 Å². The summed E-state index contributed by atoms with van der Waals surface area (Å²) >= 11 is 0. The Morgan fingerprint density at radius 3 is 2.53 bits per heavy atom. The molecule has 1 aromatic heterocycles. The monoisotopic (exact) mass is 535 g/mol. The second-order valence-electron chi connectivity index (χ2n) is 10.4. The summed E-state index contributed by atoms with van der Waals surface area (Å²) in [5, 5.41) is 0. The molecule has 1 amide bonds. The summed E-state index contributed by atoms with van der Waals surface area (Å²) in [4.78, 5) is 26.7. The summed E-state index contributed by atoms with van der Waals surface area (Å²) < 4.78 is 35.3. The number of hydrogen-bond donors (Lipinski definition) is 1. The van der Waals surface area contributed by atoms with Crippen molar-refractivity contribution in [2.24, 2.45) is 5.92 Å². The van der Waals surface area contributed by atoms with Crippen LogP contribution in [0.4, 0.5) is 5.95 Å². The lowest BCUT2D eigenvalue weighted by atomic mass is 10.00. The van der Waals surface area contributed by atoms with Crippen LogP contribution < -0.4 is 9.46 Å². The van der Waals surface area contributed by atoms with Crippen LogP contribution in [-0.2, 0) is 10.0 Å². The molecule has 0 spiro atoms. The second kappa shape index (κ2) is 10.3. The first-order valence-corrected chi connectivity index (χ1v) is 14.3. The molecular formula is C28H33N5O4S. The zero-order chi connectivity index (χ0) is 27.0. The molecule has 1 N–H and O–H groups in total. The van der Waals surface area contributed by atoms with Gasteiger partial charge in [0.2, 0.25) is 11.8 Å². The largest absolute Gasteiger partial charge is 0.475 e. The minimum Gasteiger partial charge on any atom is -0.475 e. The summed E-state index contributed by atoms with van der Waals surface area (Å²) in [6, 6.07) is 13.5. The molecule has 9 nitrogen and oxygen atoms in total. The quantitative estimate of drug-likeness (QED) is 0.545. The average Bonchev–Trinajstić information content (AvgIpc) is 2.86. The van der Waals surface area contributed by atoms with Gasteiger partial charge in [-0.25, -0.2) is 18.1 Å². The molecule has 2 aromatic carbocycles. The van der Waals surface area contributed by atoms with Crippen molar-refractivity contribution >= 4 is 21.9 Å². The molecule has 10 heteroatoms. The van der Waals surface area contributed by atoms with Gasteiger partial charge in [0, 0.05) is 43.4 Å². The van der Waals surface area contributed by atoms with E-state index in [4.69, 9.17) is 4.74 Å². The number of piperazine rings is 1. The standard InChI is InChI=1S/C28H33N5O4S/c1-18(2)15-32-11-12-33-22(16-32)17-37-25-14-24(26-19(3)7-5-8-20(26)4)29-28(30-25)31-38(35,36)23-10-6-9-21(13-23)27(33)34/h5-10,13-14,18,22H,11-12,15-17H2,1-4H3,(H,29,30,31)/t22-/m1/s1. The van der Waals surface area contributed by atoms with Gasteiger partial charge >= 0.3 is 0 Å². The van der Waals surface area contributed by atoms with E-state index in [9.17, 15) is 13.2 Å². The fraction of sp³-hybridized carbons (Fsp3) is 0.393. The number of sulfonamides is 1. The van der Waals surface area contributed by atoms with Crippen LogP contribution in [0.3, 0.4) is 0 Å². The van der Waals surface area contributed by atoms with Crippen molar-refractivity contribution in [2.75, 3.05) is 37.5 Å². The molecule has 0 aliphatic carbocycles. The van der Waals surface area contributed by atoms with Gasteiger partial charge in [0.05, 0.1) is 16.6 Å². The van der Waals surface area contributed by atoms with Crippen LogP contribution in [-0.4, -0.2) is 72.9 Å². The van der Waals surface area contributed by atoms with Gasteiger partial charge in [0.1, 0.15) is 6.61 Å². The minimum atomic E-state index is -4.06. The molecule has 1 saturated heterocycles. The highest BCUT2D eigenvalue weighted by Gasteiger charge is 2.33. The van der Waals surface area contributed by atoms with Crippen LogP contribution in [0.1, 0.15) is 35.3 Å². The predicted molar refractivity (Wildman–Crippen MR) is 146 cm³/mol. The van der Waals surface area contributed by atoms with Crippen molar-refractivity contribution in [1.29, 1.82) is 0 Å². The number of hydrogen-bond acceptors (Lipinski definition) is 7. The average molecular weight is 536 g/mol. The summed E-state index contributed by atoms with van der Waals surface area (Å²) in [5.74, 6) is 0.436. The van der Waals surface area contributed by atoms with Crippen LogP contribution in [0.2, 0.25) is 0 Å². The van der Waals surface area contributed by atoms with Crippen molar-refractivity contribution in [3.05, 3.63) is 65.2 Å². The molecule has 0 radical (unpaired) electrons. The maximum atomic E-state index is 13.6. The highest BCUT2D eigenvalue weighted by atomic mass is 32.2. The van der Waals surface area contributed by atoms with E-state index in [2.05, 4.69) is 33.4 Å². The number of carbonyl (C=O) groups is 1. The Balaban J connectivity index is 1.61. The van der Waals surface area contributed by atoms with Crippen molar-refractivity contribution in [3.63, 3.8) is 0 Å². The van der Waals surface area contributed by atoms with Crippen LogP contribution in [0.5, 0.6) is 5.88 Å². The molecule has 2 aliphatic heterocycles. The van der Waals surface area contributed by atoms with Crippen LogP contribution in [0.15, 0.2) is 53.4 Å². The van der Waals surface area contributed by atoms with E-state index in [1.807, 2.05) is 32.0 Å². The van der Waals surface area contributed by atoms with E-state index < -0.39 is 10.0 Å². The fourth-order valence-electron chi connectivity index (χ4n) is 5.23. The molecule has 1 atom stereocenters. The van der Waals surface area contributed by atoms with Crippen molar-refractivity contribution in [3.8, 4) is 17.1 Å². The Morgan fingerprint density at radius 2 is 1.79 bits per heavy atom. The topological polar surface area (TPSA) is 105 Å². The molecule has 0 saturated carbocycles. The zero-order valence-corrected chi connectivity index (χ0v) is 23.0. The maximum Gasteiger partial charge on any atom is 0.264 e. The Labute approximate surface area is 223 Å². The van der Waals surface area contributed by atoms with E-state index >= 15 is 0 Å². The number of fused-ring (bicyclic) bond motifs is 5. The van der Waals surface area contributed by atoms with Crippen molar-refractivity contribution in [1.82, 2.24) is 19.8 Å². The zero-order valence-electron chi connectivity index (χ0n) is 22.1. The number of aryl methyl sites for hydroxylation is 2. The van der Waals surface area contributed by atoms with E-state index in [1.165, 1.54) is 12.1 Å². The third kappa shape index (κ3) is 5.37. The molecule has 3 heterocycles. The first-order chi connectivity index (χ1) is 18.1. The van der Waals surface area contributed by atoms with E-state index in [0.717, 1.165) is 29.8 Å². The van der Waals surface area contributed by atoms with Gasteiger partial charge in [-0.3, -0.25) is 9.69 Å². The van der Waals surface area contributed by atoms with Crippen LogP contribution >= 0.6 is 0 Å². The SMILES string of the molecule is Cc1cccc(C)c1-c1cc2nc(n1)NS(=O)(=O)c1cccc(c1)C(=O)N1CCN(CC(C)C)C[C@@H]1CO2. The molecule has 4 bridgehead atoms. The Bertz CT molecular complexity index is 1450. The highest BCUT2D eigenvalue weighted by molar-refractivity contribution is 7.92. The normalized spacial score (nSPS) is 19.4. The first kappa shape index (κ1) is 26.1. The number of ether oxygens (including phenoxy) is 1. The second-order valence-corrected chi connectivity index (χ2v) is 12.1. The Kier molecular flexibility index (Phi) is 7.11. The third-order valence-corrected chi connectivity index (χ3v) is 8.26. The molecule has 38 heavy (non-hydrogen) atoms. The molecule has 2 aliphatic rings. The van der Waals surface area contributed by atoms with Gasteiger partial charge in [-0.1, -0.05) is 38.1 Å². The summed E-state index contributed by atoms with van der Waals surface area (Å²) in [7, 11) is -4.06. The third-order valence-electron chi connectivity index (χ3n) is 6.93. The van der Waals surface area contributed by atoms with Crippen molar-refractivity contribution < 1.29 is 17.9 Å². The number of aromatic nitrogens is 2.